The molecule has 0 N–H and O–H groups in total. The number of amides is 4. The van der Waals surface area contributed by atoms with Crippen LogP contribution in [-0.2, 0) is 12.8 Å². The maximum absolute atomic E-state index is 14.8. The number of thiophene rings is 4. The first-order valence-corrected chi connectivity index (χ1v) is 28.7. The molecule has 4 aromatic heterocycles. The van der Waals surface area contributed by atoms with Crippen LogP contribution in [0, 0.1) is 13.8 Å². The summed E-state index contributed by atoms with van der Waals surface area (Å²) in [7, 11) is 0. The first-order valence-electron chi connectivity index (χ1n) is 25.4. The largest absolute Gasteiger partial charge is 0.274 e. The number of nitrogens with zero attached hydrogens (tertiary/aromatic N) is 2. The summed E-state index contributed by atoms with van der Waals surface area (Å²) in [6.07, 6.45) is 29.3. The number of carbonyl (C=O) groups excluding carboxylic acids is 4. The zero-order valence-electron chi connectivity index (χ0n) is 40.1. The van der Waals surface area contributed by atoms with Gasteiger partial charge in [0.15, 0.2) is 0 Å². The van der Waals surface area contributed by atoms with Crippen LogP contribution in [-0.4, -0.2) is 46.5 Å². The van der Waals surface area contributed by atoms with Gasteiger partial charge in [-0.3, -0.25) is 29.0 Å². The molecule has 4 amide bonds. The van der Waals surface area contributed by atoms with Gasteiger partial charge in [-0.2, -0.15) is 0 Å². The Kier molecular flexibility index (Phi) is 19.9. The van der Waals surface area contributed by atoms with E-state index in [0.29, 0.717) is 35.3 Å². The van der Waals surface area contributed by atoms with Gasteiger partial charge in [-0.15, -0.1) is 45.3 Å². The third-order valence-electron chi connectivity index (χ3n) is 13.3. The van der Waals surface area contributed by atoms with Gasteiger partial charge in [0.25, 0.3) is 23.6 Å². The summed E-state index contributed by atoms with van der Waals surface area (Å²) in [6, 6.07) is 4.57. The predicted molar refractivity (Wildman–Crippen MR) is 275 cm³/mol. The Balaban J connectivity index is 1.39. The van der Waals surface area contributed by atoms with Crippen molar-refractivity contribution in [1.29, 1.82) is 0 Å². The molecule has 64 heavy (non-hydrogen) atoms. The van der Waals surface area contributed by atoms with Crippen molar-refractivity contribution < 1.29 is 19.2 Å². The van der Waals surface area contributed by atoms with Gasteiger partial charge in [-0.05, 0) is 75.6 Å². The molecule has 6 heterocycles. The van der Waals surface area contributed by atoms with Crippen LogP contribution >= 0.6 is 45.3 Å². The van der Waals surface area contributed by atoms with Gasteiger partial charge >= 0.3 is 0 Å². The molecule has 0 aromatic carbocycles. The lowest BCUT2D eigenvalue weighted by atomic mass is 10.0. The molecule has 6 rings (SSSR count). The van der Waals surface area contributed by atoms with E-state index in [9.17, 15) is 19.2 Å². The van der Waals surface area contributed by atoms with E-state index in [1.165, 1.54) is 117 Å². The van der Waals surface area contributed by atoms with Gasteiger partial charge in [0.1, 0.15) is 0 Å². The molecule has 2 aliphatic heterocycles. The number of aryl methyl sites for hydroxylation is 4. The molecule has 0 atom stereocenters. The highest BCUT2D eigenvalue weighted by Crippen LogP contribution is 2.54. The number of imide groups is 2. The smallest absolute Gasteiger partial charge is 0.263 e. The van der Waals surface area contributed by atoms with Gasteiger partial charge in [0, 0.05) is 37.5 Å². The highest BCUT2D eigenvalue weighted by molar-refractivity contribution is 7.29. The normalized spacial score (nSPS) is 13.7. The van der Waals surface area contributed by atoms with Gasteiger partial charge < -0.3 is 0 Å². The summed E-state index contributed by atoms with van der Waals surface area (Å²) in [5, 5.41) is 0. The van der Waals surface area contributed by atoms with Crippen LogP contribution in [0.1, 0.15) is 244 Å². The molecular formula is C54H76N2O4S4. The number of carbonyl (C=O) groups is 4. The van der Waals surface area contributed by atoms with Crippen molar-refractivity contribution in [1.82, 2.24) is 9.80 Å². The molecule has 0 saturated heterocycles. The van der Waals surface area contributed by atoms with Gasteiger partial charge in [-0.1, -0.05) is 156 Å². The van der Waals surface area contributed by atoms with Crippen LogP contribution in [0.4, 0.5) is 0 Å². The molecule has 4 aromatic rings. The summed E-state index contributed by atoms with van der Waals surface area (Å²) in [4.78, 5) is 68.7. The van der Waals surface area contributed by atoms with Crippen LogP contribution < -0.4 is 0 Å². The summed E-state index contributed by atoms with van der Waals surface area (Å²) < 4.78 is 0. The van der Waals surface area contributed by atoms with Crippen molar-refractivity contribution in [3.05, 3.63) is 55.3 Å². The average molecular weight is 945 g/mol. The predicted octanol–water partition coefficient (Wildman–Crippen LogP) is 17.3. The summed E-state index contributed by atoms with van der Waals surface area (Å²) in [6.45, 7) is 14.0. The van der Waals surface area contributed by atoms with Crippen LogP contribution in [0.3, 0.4) is 0 Å². The minimum Gasteiger partial charge on any atom is -0.274 e. The Labute approximate surface area is 401 Å². The lowest BCUT2D eigenvalue weighted by Gasteiger charge is -2.15. The first-order chi connectivity index (χ1) is 31.2. The van der Waals surface area contributed by atoms with Crippen LogP contribution in [0.25, 0.3) is 29.3 Å². The number of hydrogen-bond donors (Lipinski definition) is 0. The fourth-order valence-corrected chi connectivity index (χ4v) is 14.8. The van der Waals surface area contributed by atoms with Crippen molar-refractivity contribution in [3.63, 3.8) is 0 Å². The fraction of sp³-hybridized carbons (Fsp3) is 0.630. The van der Waals surface area contributed by atoms with E-state index < -0.39 is 0 Å². The fourth-order valence-electron chi connectivity index (χ4n) is 9.62. The molecule has 0 fully saturated rings. The SMILES string of the molecule is CCCCCCCCc1cc(C)sc1-c1sc(-c2sc(-c3sc(C)c4c3C(=O)N(CCCCCCCC)C4=O)cc2CCCCCCCC)c2c1C(=O)N(CCCCCCCC)C2=O. The molecule has 6 nitrogen and oxygen atoms in total. The van der Waals surface area contributed by atoms with E-state index in [1.807, 2.05) is 6.92 Å². The van der Waals surface area contributed by atoms with Crippen molar-refractivity contribution in [2.75, 3.05) is 13.1 Å². The monoisotopic (exact) mass is 944 g/mol. The van der Waals surface area contributed by atoms with Gasteiger partial charge in [-0.25, -0.2) is 0 Å². The third-order valence-corrected chi connectivity index (χ3v) is 18.3. The Hall–Kier alpha value is -2.92. The van der Waals surface area contributed by atoms with E-state index in [0.717, 1.165) is 105 Å². The van der Waals surface area contributed by atoms with E-state index in [4.69, 9.17) is 0 Å². The van der Waals surface area contributed by atoms with E-state index >= 15 is 0 Å². The van der Waals surface area contributed by atoms with Crippen LogP contribution in [0.5, 0.6) is 0 Å². The first kappa shape index (κ1) is 50.5. The lowest BCUT2D eigenvalue weighted by molar-refractivity contribution is 0.0636. The van der Waals surface area contributed by atoms with E-state index in [-0.39, 0.29) is 23.6 Å². The summed E-state index contributed by atoms with van der Waals surface area (Å²) in [5.41, 5.74) is 4.77. The highest BCUT2D eigenvalue weighted by atomic mass is 32.1. The van der Waals surface area contributed by atoms with Gasteiger partial charge in [0.05, 0.1) is 36.9 Å². The zero-order valence-corrected chi connectivity index (χ0v) is 43.4. The quantitative estimate of drug-likeness (QED) is 0.0372. The van der Waals surface area contributed by atoms with Crippen LogP contribution in [0.15, 0.2) is 12.1 Å². The topological polar surface area (TPSA) is 74.8 Å². The Morgan fingerprint density at radius 3 is 1.22 bits per heavy atom. The van der Waals surface area contributed by atoms with Gasteiger partial charge in [0.2, 0.25) is 0 Å². The third kappa shape index (κ3) is 12.0. The highest BCUT2D eigenvalue weighted by Gasteiger charge is 2.44. The Morgan fingerprint density at radius 1 is 0.375 bits per heavy atom. The van der Waals surface area contributed by atoms with E-state index in [2.05, 4.69) is 46.8 Å². The number of fused-ring (bicyclic) bond motifs is 2. The van der Waals surface area contributed by atoms with Crippen molar-refractivity contribution in [2.45, 2.75) is 208 Å². The number of rotatable bonds is 31. The lowest BCUT2D eigenvalue weighted by Crippen LogP contribution is -2.31. The molecule has 0 unspecified atom stereocenters. The Bertz CT molecular complexity index is 2180. The van der Waals surface area contributed by atoms with Crippen molar-refractivity contribution >= 4 is 69.0 Å². The second kappa shape index (κ2) is 25.3. The molecular weight excluding hydrogens is 869 g/mol. The molecule has 350 valence electrons. The average Bonchev–Trinajstić information content (AvgIpc) is 4.12. The minimum atomic E-state index is -0.170. The molecule has 0 aliphatic carbocycles. The summed E-state index contributed by atoms with van der Waals surface area (Å²) in [5.74, 6) is -0.623. The maximum Gasteiger partial charge on any atom is 0.263 e. The minimum absolute atomic E-state index is 0.141. The number of hydrogen-bond acceptors (Lipinski definition) is 8. The second-order valence-electron chi connectivity index (χ2n) is 18.5. The van der Waals surface area contributed by atoms with E-state index in [1.54, 1.807) is 50.2 Å². The molecule has 0 saturated carbocycles. The molecule has 2 aliphatic rings. The molecule has 0 bridgehead atoms. The Morgan fingerprint density at radius 2 is 0.750 bits per heavy atom. The second-order valence-corrected chi connectivity index (χ2v) is 23.1. The van der Waals surface area contributed by atoms with Crippen LogP contribution in [0.2, 0.25) is 0 Å². The molecule has 0 spiro atoms. The molecule has 0 radical (unpaired) electrons. The number of unbranched alkanes of at least 4 members (excludes halogenated alkanes) is 20. The van der Waals surface area contributed by atoms with Crippen molar-refractivity contribution in [3.8, 4) is 29.3 Å². The summed E-state index contributed by atoms with van der Waals surface area (Å²) >= 11 is 6.61. The standard InChI is InChI=1S/C54H76N2O4S4/c1-7-11-15-19-23-27-31-39-35-37(5)61-46(39)49-44-45(54(60)56(53(44)59)34-30-26-22-18-14-10-4)50(64-49)47-40(32-28-24-20-16-12-8-2)36-41(63-47)48-43-42(38(6)62-48)51(57)55(52(43)58)33-29-25-21-17-13-9-3/h35-36H,7-34H2,1-6H3. The van der Waals surface area contributed by atoms with Crippen molar-refractivity contribution in [2.24, 2.45) is 0 Å². The maximum atomic E-state index is 14.8. The zero-order chi connectivity index (χ0) is 45.6. The molecule has 10 heteroatoms.